The van der Waals surface area contributed by atoms with Gasteiger partial charge in [0, 0.05) is 5.39 Å². The highest BCUT2D eigenvalue weighted by Gasteiger charge is 2.40. The van der Waals surface area contributed by atoms with Crippen molar-refractivity contribution in [3.63, 3.8) is 0 Å². The summed E-state index contributed by atoms with van der Waals surface area (Å²) in [6.45, 7) is 1.85. The van der Waals surface area contributed by atoms with Crippen molar-refractivity contribution in [1.29, 1.82) is 0 Å². The summed E-state index contributed by atoms with van der Waals surface area (Å²) in [5, 5.41) is 2.72. The molecule has 0 saturated carbocycles. The molecule has 5 heteroatoms. The third-order valence-corrected chi connectivity index (χ3v) is 3.65. The molecule has 1 heterocycles. The maximum absolute atomic E-state index is 12.6. The van der Waals surface area contributed by atoms with Gasteiger partial charge in [0.05, 0.1) is 5.52 Å². The van der Waals surface area contributed by atoms with Crippen LogP contribution in [-0.4, -0.2) is 16.9 Å². The van der Waals surface area contributed by atoms with Crippen molar-refractivity contribution in [2.24, 2.45) is 0 Å². The van der Waals surface area contributed by atoms with Crippen molar-refractivity contribution in [1.82, 2.24) is 4.98 Å². The Bertz CT molecular complexity index is 884. The normalized spacial score (nSPS) is 12.0. The number of aromatic nitrogens is 1. The van der Waals surface area contributed by atoms with Gasteiger partial charge in [-0.1, -0.05) is 37.3 Å². The molecule has 0 aliphatic heterocycles. The summed E-state index contributed by atoms with van der Waals surface area (Å²) in [4.78, 5) is 15.4. The minimum absolute atomic E-state index is 0.408. The molecular formula is C17H12F3NO. The van der Waals surface area contributed by atoms with Crippen LogP contribution in [0.15, 0.2) is 42.5 Å². The Hall–Kier alpha value is -2.43. The van der Waals surface area contributed by atoms with Crippen molar-refractivity contribution < 1.29 is 18.0 Å². The Morgan fingerprint density at radius 1 is 1.14 bits per heavy atom. The Labute approximate surface area is 124 Å². The molecule has 0 bridgehead atoms. The van der Waals surface area contributed by atoms with Crippen LogP contribution >= 0.6 is 0 Å². The Kier molecular flexibility index (Phi) is 3.35. The van der Waals surface area contributed by atoms with E-state index in [4.69, 9.17) is 0 Å². The van der Waals surface area contributed by atoms with Gasteiger partial charge in [0.25, 0.3) is 5.78 Å². The van der Waals surface area contributed by atoms with Gasteiger partial charge in [-0.05, 0) is 34.9 Å². The predicted octanol–water partition coefficient (Wildman–Crippen LogP) is 4.70. The smallest absolute Gasteiger partial charge is 0.282 e. The molecule has 0 amide bonds. The molecular weight excluding hydrogens is 291 g/mol. The van der Waals surface area contributed by atoms with Crippen LogP contribution in [0.2, 0.25) is 0 Å². The maximum atomic E-state index is 12.6. The number of carbonyl (C=O) groups is 1. The summed E-state index contributed by atoms with van der Waals surface area (Å²) in [5.41, 5.74) is 0.548. The molecule has 0 aliphatic rings. The van der Waals surface area contributed by atoms with Crippen LogP contribution < -0.4 is 0 Å². The molecule has 0 aliphatic carbocycles. The first-order chi connectivity index (χ1) is 10.4. The second kappa shape index (κ2) is 5.09. The second-order valence-corrected chi connectivity index (χ2v) is 5.03. The highest BCUT2D eigenvalue weighted by Crippen LogP contribution is 2.30. The molecule has 0 fully saturated rings. The average molecular weight is 303 g/mol. The SMILES string of the molecule is CCc1cc(C(=O)C(F)(F)F)nc2ccc3ccccc3c12. The summed E-state index contributed by atoms with van der Waals surface area (Å²) in [6.07, 6.45) is -4.40. The quantitative estimate of drug-likeness (QED) is 0.507. The van der Waals surface area contributed by atoms with Crippen molar-refractivity contribution in [2.45, 2.75) is 19.5 Å². The van der Waals surface area contributed by atoms with Crippen LogP contribution in [0.5, 0.6) is 0 Å². The molecule has 0 N–H and O–H groups in total. The molecule has 1 aromatic heterocycles. The van der Waals surface area contributed by atoms with Crippen molar-refractivity contribution >= 4 is 27.5 Å². The molecule has 2 nitrogen and oxygen atoms in total. The first kappa shape index (κ1) is 14.5. The number of carbonyl (C=O) groups excluding carboxylic acids is 1. The Morgan fingerprint density at radius 3 is 2.55 bits per heavy atom. The van der Waals surface area contributed by atoms with Crippen LogP contribution in [0, 0.1) is 0 Å². The van der Waals surface area contributed by atoms with Gasteiger partial charge in [-0.3, -0.25) is 4.79 Å². The summed E-state index contributed by atoms with van der Waals surface area (Å²) >= 11 is 0. The third-order valence-electron chi connectivity index (χ3n) is 3.65. The van der Waals surface area contributed by atoms with E-state index in [0.717, 1.165) is 16.2 Å². The lowest BCUT2D eigenvalue weighted by atomic mass is 9.98. The number of hydrogen-bond donors (Lipinski definition) is 0. The molecule has 3 aromatic rings. The van der Waals surface area contributed by atoms with Crippen LogP contribution in [0.4, 0.5) is 13.2 Å². The monoisotopic (exact) mass is 303 g/mol. The van der Waals surface area contributed by atoms with Crippen LogP contribution in [0.1, 0.15) is 23.0 Å². The second-order valence-electron chi connectivity index (χ2n) is 5.03. The van der Waals surface area contributed by atoms with Gasteiger partial charge in [0.2, 0.25) is 0 Å². The average Bonchev–Trinajstić information content (AvgIpc) is 2.51. The number of benzene rings is 2. The number of rotatable bonds is 2. The highest BCUT2D eigenvalue weighted by atomic mass is 19.4. The van der Waals surface area contributed by atoms with Crippen LogP contribution in [0.3, 0.4) is 0 Å². The lowest BCUT2D eigenvalue weighted by Gasteiger charge is -2.11. The Morgan fingerprint density at radius 2 is 1.86 bits per heavy atom. The first-order valence-electron chi connectivity index (χ1n) is 6.84. The number of fused-ring (bicyclic) bond motifs is 3. The molecule has 0 radical (unpaired) electrons. The standard InChI is InChI=1S/C17H12F3NO/c1-2-10-9-14(16(22)17(18,19)20)21-13-8-7-11-5-3-4-6-12(11)15(10)13/h3-9H,2H2,1H3. The summed E-state index contributed by atoms with van der Waals surface area (Å²) < 4.78 is 37.9. The summed E-state index contributed by atoms with van der Waals surface area (Å²) in [5.74, 6) is -1.91. The molecule has 0 unspecified atom stereocenters. The largest absolute Gasteiger partial charge is 0.456 e. The minimum Gasteiger partial charge on any atom is -0.282 e. The van der Waals surface area contributed by atoms with Crippen LogP contribution in [0.25, 0.3) is 21.7 Å². The molecule has 112 valence electrons. The van der Waals surface area contributed by atoms with Gasteiger partial charge < -0.3 is 0 Å². The fraction of sp³-hybridized carbons (Fsp3) is 0.176. The number of pyridine rings is 1. The van der Waals surface area contributed by atoms with E-state index in [0.29, 0.717) is 17.5 Å². The zero-order valence-corrected chi connectivity index (χ0v) is 11.7. The molecule has 0 spiro atoms. The van der Waals surface area contributed by atoms with E-state index in [9.17, 15) is 18.0 Å². The van der Waals surface area contributed by atoms with Gasteiger partial charge in [-0.15, -0.1) is 0 Å². The van der Waals surface area contributed by atoms with Gasteiger partial charge in [0.15, 0.2) is 0 Å². The van der Waals surface area contributed by atoms with E-state index in [1.54, 1.807) is 12.1 Å². The van der Waals surface area contributed by atoms with E-state index >= 15 is 0 Å². The van der Waals surface area contributed by atoms with Crippen molar-refractivity contribution in [3.05, 3.63) is 53.7 Å². The molecule has 0 atom stereocenters. The summed E-state index contributed by atoms with van der Waals surface area (Å²) in [7, 11) is 0. The van der Waals surface area contributed by atoms with Crippen molar-refractivity contribution in [3.8, 4) is 0 Å². The fourth-order valence-corrected chi connectivity index (χ4v) is 2.63. The molecule has 2 aromatic carbocycles. The summed E-state index contributed by atoms with van der Waals surface area (Å²) in [6, 6.07) is 12.3. The number of nitrogens with zero attached hydrogens (tertiary/aromatic N) is 1. The number of aryl methyl sites for hydroxylation is 1. The van der Waals surface area contributed by atoms with E-state index in [-0.39, 0.29) is 0 Å². The van der Waals surface area contributed by atoms with Crippen LogP contribution in [-0.2, 0) is 6.42 Å². The van der Waals surface area contributed by atoms with E-state index in [2.05, 4.69) is 4.98 Å². The first-order valence-corrected chi connectivity index (χ1v) is 6.84. The molecule has 3 rings (SSSR count). The van der Waals surface area contributed by atoms with Crippen molar-refractivity contribution in [2.75, 3.05) is 0 Å². The zero-order valence-electron chi connectivity index (χ0n) is 11.7. The van der Waals surface area contributed by atoms with E-state index in [1.165, 1.54) is 6.07 Å². The predicted molar refractivity (Wildman–Crippen MR) is 79.0 cm³/mol. The highest BCUT2D eigenvalue weighted by molar-refractivity contribution is 6.09. The fourth-order valence-electron chi connectivity index (χ4n) is 2.63. The zero-order chi connectivity index (χ0) is 15.9. The lowest BCUT2D eigenvalue weighted by Crippen LogP contribution is -2.24. The number of ketones is 1. The Balaban J connectivity index is 2.35. The van der Waals surface area contributed by atoms with Gasteiger partial charge in [0.1, 0.15) is 5.69 Å². The molecule has 0 saturated heterocycles. The number of alkyl halides is 3. The van der Waals surface area contributed by atoms with E-state index < -0.39 is 17.7 Å². The third kappa shape index (κ3) is 2.32. The number of halogens is 3. The number of hydrogen-bond acceptors (Lipinski definition) is 2. The van der Waals surface area contributed by atoms with Gasteiger partial charge in [-0.2, -0.15) is 13.2 Å². The van der Waals surface area contributed by atoms with Gasteiger partial charge in [-0.25, -0.2) is 4.98 Å². The minimum atomic E-state index is -4.91. The van der Waals surface area contributed by atoms with Gasteiger partial charge >= 0.3 is 6.18 Å². The topological polar surface area (TPSA) is 30.0 Å². The molecule has 22 heavy (non-hydrogen) atoms. The number of Topliss-reactive ketones (excluding diaryl/α,β-unsaturated/α-hetero) is 1. The van der Waals surface area contributed by atoms with E-state index in [1.807, 2.05) is 31.2 Å². The lowest BCUT2D eigenvalue weighted by molar-refractivity contribution is -0.0888. The maximum Gasteiger partial charge on any atom is 0.456 e.